The molecular formula is C20H19ClFN3O3. The Morgan fingerprint density at radius 2 is 1.89 bits per heavy atom. The van der Waals surface area contributed by atoms with E-state index in [2.05, 4.69) is 5.32 Å². The van der Waals surface area contributed by atoms with Crippen LogP contribution in [0.25, 0.3) is 5.69 Å². The molecule has 2 aromatic carbocycles. The van der Waals surface area contributed by atoms with Crippen molar-refractivity contribution >= 4 is 23.2 Å². The monoisotopic (exact) mass is 403 g/mol. The van der Waals surface area contributed by atoms with Crippen molar-refractivity contribution in [3.63, 3.8) is 0 Å². The van der Waals surface area contributed by atoms with Crippen molar-refractivity contribution in [3.8, 4) is 11.4 Å². The van der Waals surface area contributed by atoms with Gasteiger partial charge in [0.05, 0.1) is 16.4 Å². The fourth-order valence-corrected chi connectivity index (χ4v) is 2.96. The minimum absolute atomic E-state index is 0.0574. The predicted octanol–water partition coefficient (Wildman–Crippen LogP) is 3.68. The normalized spacial score (nSPS) is 11.9. The zero-order chi connectivity index (χ0) is 20.4. The van der Waals surface area contributed by atoms with E-state index in [1.807, 2.05) is 18.2 Å². The Morgan fingerprint density at radius 3 is 2.54 bits per heavy atom. The largest absolute Gasteiger partial charge is 0.479 e. The lowest BCUT2D eigenvalue weighted by atomic mass is 10.3. The molecule has 1 N–H and O–H groups in total. The van der Waals surface area contributed by atoms with Gasteiger partial charge in [-0.05, 0) is 44.2 Å². The zero-order valence-electron chi connectivity index (χ0n) is 15.6. The van der Waals surface area contributed by atoms with E-state index >= 15 is 0 Å². The number of hydrogen-bond acceptors (Lipinski definition) is 3. The predicted molar refractivity (Wildman–Crippen MR) is 106 cm³/mol. The molecule has 3 aromatic rings. The summed E-state index contributed by atoms with van der Waals surface area (Å²) in [5.74, 6) is -0.848. The second-order valence-electron chi connectivity index (χ2n) is 6.26. The number of aromatic nitrogens is 2. The molecule has 0 fully saturated rings. The molecule has 1 amide bonds. The zero-order valence-corrected chi connectivity index (χ0v) is 16.3. The molecule has 8 heteroatoms. The van der Waals surface area contributed by atoms with Crippen LogP contribution < -0.4 is 15.6 Å². The Labute approximate surface area is 166 Å². The van der Waals surface area contributed by atoms with Crippen LogP contribution in [-0.4, -0.2) is 21.4 Å². The van der Waals surface area contributed by atoms with E-state index in [4.69, 9.17) is 16.3 Å². The minimum atomic E-state index is -0.952. The van der Waals surface area contributed by atoms with Gasteiger partial charge < -0.3 is 10.1 Å². The van der Waals surface area contributed by atoms with Gasteiger partial charge in [0.2, 0.25) is 0 Å². The first-order valence-electron chi connectivity index (χ1n) is 8.56. The highest BCUT2D eigenvalue weighted by Gasteiger charge is 2.22. The standard InChI is InChI=1S/C20H19ClFN3O3/c1-12-18(20(27)25(24(12)3)15-7-5-4-6-8-15)23-19(26)13(2)28-17-10-9-14(22)11-16(17)21/h4-11,13H,1-3H3,(H,23,26)/t13-/m1/s1. The number of ether oxygens (including phenoxy) is 1. The molecule has 1 atom stereocenters. The van der Waals surface area contributed by atoms with Crippen molar-refractivity contribution in [2.45, 2.75) is 20.0 Å². The lowest BCUT2D eigenvalue weighted by molar-refractivity contribution is -0.122. The van der Waals surface area contributed by atoms with Gasteiger partial charge in [0.15, 0.2) is 6.10 Å². The van der Waals surface area contributed by atoms with E-state index in [-0.39, 0.29) is 22.0 Å². The Kier molecular flexibility index (Phi) is 5.56. The number of anilines is 1. The number of halogens is 2. The van der Waals surface area contributed by atoms with E-state index in [0.717, 1.165) is 6.07 Å². The van der Waals surface area contributed by atoms with Crippen LogP contribution in [-0.2, 0) is 11.8 Å². The molecule has 0 saturated carbocycles. The number of nitrogens with zero attached hydrogens (tertiary/aromatic N) is 2. The average molecular weight is 404 g/mol. The average Bonchev–Trinajstić information content (AvgIpc) is 2.88. The summed E-state index contributed by atoms with van der Waals surface area (Å²) in [6.07, 6.45) is -0.952. The SMILES string of the molecule is Cc1c(NC(=O)[C@@H](C)Oc2ccc(F)cc2Cl)c(=O)n(-c2ccccc2)n1C. The maximum atomic E-state index is 13.1. The van der Waals surface area contributed by atoms with Gasteiger partial charge >= 0.3 is 0 Å². The molecule has 0 aliphatic heterocycles. The van der Waals surface area contributed by atoms with Crippen molar-refractivity contribution in [1.29, 1.82) is 0 Å². The third kappa shape index (κ3) is 3.80. The third-order valence-electron chi connectivity index (χ3n) is 4.37. The molecule has 1 aromatic heterocycles. The summed E-state index contributed by atoms with van der Waals surface area (Å²) < 4.78 is 21.8. The number of amides is 1. The van der Waals surface area contributed by atoms with E-state index < -0.39 is 17.8 Å². The molecule has 28 heavy (non-hydrogen) atoms. The van der Waals surface area contributed by atoms with E-state index in [9.17, 15) is 14.0 Å². The highest BCUT2D eigenvalue weighted by Crippen LogP contribution is 2.26. The molecule has 1 heterocycles. The molecule has 0 aliphatic rings. The summed E-state index contributed by atoms with van der Waals surface area (Å²) >= 11 is 5.93. The number of carbonyl (C=O) groups is 1. The number of hydrogen-bond donors (Lipinski definition) is 1. The smallest absolute Gasteiger partial charge is 0.295 e. The highest BCUT2D eigenvalue weighted by atomic mass is 35.5. The molecule has 0 unspecified atom stereocenters. The van der Waals surface area contributed by atoms with Crippen LogP contribution in [0.5, 0.6) is 5.75 Å². The first-order chi connectivity index (χ1) is 13.3. The van der Waals surface area contributed by atoms with E-state index in [1.165, 1.54) is 23.7 Å². The van der Waals surface area contributed by atoms with Crippen LogP contribution in [0.4, 0.5) is 10.1 Å². The second kappa shape index (κ2) is 7.90. The van der Waals surface area contributed by atoms with E-state index in [0.29, 0.717) is 11.4 Å². The van der Waals surface area contributed by atoms with Crippen LogP contribution in [0.1, 0.15) is 12.6 Å². The molecule has 0 aliphatic carbocycles. The second-order valence-corrected chi connectivity index (χ2v) is 6.67. The maximum absolute atomic E-state index is 13.1. The number of carbonyl (C=O) groups excluding carboxylic acids is 1. The summed E-state index contributed by atoms with van der Waals surface area (Å²) in [7, 11) is 1.73. The van der Waals surface area contributed by atoms with Crippen LogP contribution >= 0.6 is 11.6 Å². The summed E-state index contributed by atoms with van der Waals surface area (Å²) in [5, 5.41) is 2.68. The fourth-order valence-electron chi connectivity index (χ4n) is 2.75. The third-order valence-corrected chi connectivity index (χ3v) is 4.66. The molecule has 146 valence electrons. The molecule has 0 saturated heterocycles. The van der Waals surface area contributed by atoms with Gasteiger partial charge in [-0.15, -0.1) is 0 Å². The lowest BCUT2D eigenvalue weighted by Crippen LogP contribution is -2.32. The number of nitrogens with one attached hydrogen (secondary N) is 1. The van der Waals surface area contributed by atoms with Gasteiger partial charge in [-0.1, -0.05) is 29.8 Å². The number of benzene rings is 2. The fraction of sp³-hybridized carbons (Fsp3) is 0.200. The lowest BCUT2D eigenvalue weighted by Gasteiger charge is -2.15. The number of rotatable bonds is 5. The van der Waals surface area contributed by atoms with Gasteiger partial charge in [0.25, 0.3) is 11.5 Å². The molecule has 0 radical (unpaired) electrons. The van der Waals surface area contributed by atoms with Crippen molar-refractivity contribution in [1.82, 2.24) is 9.36 Å². The van der Waals surface area contributed by atoms with Gasteiger partial charge in [-0.3, -0.25) is 14.3 Å². The first-order valence-corrected chi connectivity index (χ1v) is 8.94. The van der Waals surface area contributed by atoms with Gasteiger partial charge in [0, 0.05) is 7.05 Å². The summed E-state index contributed by atoms with van der Waals surface area (Å²) in [4.78, 5) is 25.4. The van der Waals surface area contributed by atoms with Gasteiger partial charge in [0.1, 0.15) is 17.3 Å². The summed E-state index contributed by atoms with van der Waals surface area (Å²) in [6, 6.07) is 12.7. The van der Waals surface area contributed by atoms with Crippen molar-refractivity contribution in [2.24, 2.45) is 7.05 Å². The van der Waals surface area contributed by atoms with Gasteiger partial charge in [-0.25, -0.2) is 9.07 Å². The Morgan fingerprint density at radius 1 is 1.21 bits per heavy atom. The first kappa shape index (κ1) is 19.7. The Bertz CT molecular complexity index is 1080. The quantitative estimate of drug-likeness (QED) is 0.706. The molecule has 6 nitrogen and oxygen atoms in total. The Hall–Kier alpha value is -3.06. The van der Waals surface area contributed by atoms with Crippen molar-refractivity contribution in [3.05, 3.63) is 75.4 Å². The maximum Gasteiger partial charge on any atom is 0.295 e. The van der Waals surface area contributed by atoms with Crippen LogP contribution in [0.3, 0.4) is 0 Å². The molecule has 0 bridgehead atoms. The van der Waals surface area contributed by atoms with Crippen LogP contribution in [0.2, 0.25) is 5.02 Å². The minimum Gasteiger partial charge on any atom is -0.479 e. The van der Waals surface area contributed by atoms with Crippen molar-refractivity contribution < 1.29 is 13.9 Å². The Balaban J connectivity index is 1.83. The molecular weight excluding hydrogens is 385 g/mol. The number of para-hydroxylation sites is 1. The van der Waals surface area contributed by atoms with Crippen LogP contribution in [0.15, 0.2) is 53.3 Å². The van der Waals surface area contributed by atoms with E-state index in [1.54, 1.807) is 30.8 Å². The van der Waals surface area contributed by atoms with Gasteiger partial charge in [-0.2, -0.15) is 0 Å². The summed E-state index contributed by atoms with van der Waals surface area (Å²) in [5.41, 5.74) is 1.08. The van der Waals surface area contributed by atoms with Crippen molar-refractivity contribution in [2.75, 3.05) is 5.32 Å². The molecule has 3 rings (SSSR count). The molecule has 0 spiro atoms. The van der Waals surface area contributed by atoms with Crippen LogP contribution in [0, 0.1) is 12.7 Å². The summed E-state index contributed by atoms with van der Waals surface area (Å²) in [6.45, 7) is 3.25. The highest BCUT2D eigenvalue weighted by molar-refractivity contribution is 6.32. The topological polar surface area (TPSA) is 65.3 Å².